The zero-order valence-corrected chi connectivity index (χ0v) is 7.79. The molecule has 4 nitrogen and oxygen atoms in total. The smallest absolute Gasteiger partial charge is 0.258 e. The van der Waals surface area contributed by atoms with Crippen LogP contribution in [0.15, 0.2) is 4.52 Å². The summed E-state index contributed by atoms with van der Waals surface area (Å²) in [5.74, 6) is 1.08. The summed E-state index contributed by atoms with van der Waals surface area (Å²) >= 11 is 0. The summed E-state index contributed by atoms with van der Waals surface area (Å²) in [7, 11) is 0. The minimum atomic E-state index is -0.833. The summed E-state index contributed by atoms with van der Waals surface area (Å²) in [6.07, 6.45) is 4.33. The third kappa shape index (κ3) is 1.46. The zero-order valence-electron chi connectivity index (χ0n) is 7.79. The van der Waals surface area contributed by atoms with Gasteiger partial charge in [0.2, 0.25) is 0 Å². The summed E-state index contributed by atoms with van der Waals surface area (Å²) < 4.78 is 5.03. The molecule has 1 aromatic rings. The monoisotopic (exact) mass is 182 g/mol. The van der Waals surface area contributed by atoms with Gasteiger partial charge in [0.05, 0.1) is 0 Å². The predicted octanol–water partition coefficient (Wildman–Crippen LogP) is 1.39. The first-order valence-corrected chi connectivity index (χ1v) is 4.80. The average molecular weight is 182 g/mol. The summed E-state index contributed by atoms with van der Waals surface area (Å²) in [5.41, 5.74) is -0.833. The lowest BCUT2D eigenvalue weighted by molar-refractivity contribution is 0.0112. The van der Waals surface area contributed by atoms with Gasteiger partial charge in [0.1, 0.15) is 5.60 Å². The van der Waals surface area contributed by atoms with Crippen LogP contribution >= 0.6 is 0 Å². The van der Waals surface area contributed by atoms with Crippen LogP contribution in [0, 0.1) is 0 Å². The Morgan fingerprint density at radius 3 is 2.69 bits per heavy atom. The van der Waals surface area contributed by atoms with Crippen LogP contribution in [0.1, 0.15) is 44.3 Å². The Labute approximate surface area is 77.0 Å². The molecule has 1 aromatic heterocycles. The van der Waals surface area contributed by atoms with E-state index in [0.29, 0.717) is 11.7 Å². The van der Waals surface area contributed by atoms with Crippen molar-refractivity contribution in [3.05, 3.63) is 11.7 Å². The fourth-order valence-corrected chi connectivity index (χ4v) is 1.76. The van der Waals surface area contributed by atoms with Crippen molar-refractivity contribution in [2.24, 2.45) is 0 Å². The van der Waals surface area contributed by atoms with E-state index in [4.69, 9.17) is 4.52 Å². The highest BCUT2D eigenvalue weighted by atomic mass is 16.5. The van der Waals surface area contributed by atoms with E-state index in [1.165, 1.54) is 0 Å². The number of hydrogen-bond donors (Lipinski definition) is 1. The van der Waals surface area contributed by atoms with Crippen LogP contribution < -0.4 is 0 Å². The van der Waals surface area contributed by atoms with Gasteiger partial charge in [-0.1, -0.05) is 12.1 Å². The van der Waals surface area contributed by atoms with Crippen LogP contribution in [-0.2, 0) is 12.0 Å². The molecule has 0 spiro atoms. The van der Waals surface area contributed by atoms with E-state index in [0.717, 1.165) is 32.1 Å². The highest BCUT2D eigenvalue weighted by Gasteiger charge is 2.38. The average Bonchev–Trinajstić information content (AvgIpc) is 2.72. The highest BCUT2D eigenvalue weighted by Crippen LogP contribution is 2.37. The summed E-state index contributed by atoms with van der Waals surface area (Å²) in [6.45, 7) is 1.97. The molecule has 0 radical (unpaired) electrons. The van der Waals surface area contributed by atoms with Gasteiger partial charge in [-0.15, -0.1) is 0 Å². The van der Waals surface area contributed by atoms with Gasteiger partial charge < -0.3 is 9.63 Å². The molecule has 1 aliphatic rings. The first kappa shape index (κ1) is 8.69. The molecule has 2 rings (SSSR count). The van der Waals surface area contributed by atoms with Gasteiger partial charge in [-0.3, -0.25) is 0 Å². The first-order chi connectivity index (χ1) is 6.24. The van der Waals surface area contributed by atoms with E-state index in [-0.39, 0.29) is 0 Å². The molecule has 0 amide bonds. The molecule has 0 atom stereocenters. The Hall–Kier alpha value is -0.900. The van der Waals surface area contributed by atoms with Crippen molar-refractivity contribution in [2.45, 2.75) is 44.6 Å². The molecular formula is C9H14N2O2. The van der Waals surface area contributed by atoms with E-state index in [1.54, 1.807) is 0 Å². The van der Waals surface area contributed by atoms with Crippen molar-refractivity contribution >= 4 is 0 Å². The molecule has 4 heteroatoms. The van der Waals surface area contributed by atoms with Crippen LogP contribution in [0.3, 0.4) is 0 Å². The molecule has 1 heterocycles. The molecular weight excluding hydrogens is 168 g/mol. The molecule has 0 unspecified atom stereocenters. The van der Waals surface area contributed by atoms with Crippen molar-refractivity contribution in [1.82, 2.24) is 10.1 Å². The molecule has 0 aromatic carbocycles. The van der Waals surface area contributed by atoms with E-state index < -0.39 is 5.60 Å². The quantitative estimate of drug-likeness (QED) is 0.750. The Morgan fingerprint density at radius 1 is 1.46 bits per heavy atom. The standard InChI is InChI=1S/C9H14N2O2/c1-2-7-10-8(13-11-7)9(12)5-3-4-6-9/h12H,2-6H2,1H3. The van der Waals surface area contributed by atoms with E-state index in [2.05, 4.69) is 10.1 Å². The number of aromatic nitrogens is 2. The van der Waals surface area contributed by atoms with Gasteiger partial charge in [-0.2, -0.15) is 4.98 Å². The predicted molar refractivity (Wildman–Crippen MR) is 46.0 cm³/mol. The van der Waals surface area contributed by atoms with Crippen LogP contribution in [0.25, 0.3) is 0 Å². The second kappa shape index (κ2) is 3.10. The van der Waals surface area contributed by atoms with Crippen molar-refractivity contribution in [1.29, 1.82) is 0 Å². The fourth-order valence-electron chi connectivity index (χ4n) is 1.76. The summed E-state index contributed by atoms with van der Waals surface area (Å²) in [6, 6.07) is 0. The number of hydrogen-bond acceptors (Lipinski definition) is 4. The highest BCUT2D eigenvalue weighted by molar-refractivity contribution is 5.01. The van der Waals surface area contributed by atoms with Gasteiger partial charge in [-0.25, -0.2) is 0 Å². The van der Waals surface area contributed by atoms with Gasteiger partial charge in [0, 0.05) is 6.42 Å². The third-order valence-corrected chi connectivity index (χ3v) is 2.61. The lowest BCUT2D eigenvalue weighted by Crippen LogP contribution is -2.21. The van der Waals surface area contributed by atoms with Gasteiger partial charge in [0.25, 0.3) is 5.89 Å². The fraction of sp³-hybridized carbons (Fsp3) is 0.778. The Bertz CT molecular complexity index is 290. The number of aryl methyl sites for hydroxylation is 1. The Morgan fingerprint density at radius 2 is 2.15 bits per heavy atom. The van der Waals surface area contributed by atoms with Crippen molar-refractivity contribution < 1.29 is 9.63 Å². The Kier molecular flexibility index (Phi) is 2.07. The maximum Gasteiger partial charge on any atom is 0.258 e. The van der Waals surface area contributed by atoms with Crippen LogP contribution in [-0.4, -0.2) is 15.2 Å². The second-order valence-electron chi connectivity index (χ2n) is 3.61. The normalized spacial score (nSPS) is 20.8. The van der Waals surface area contributed by atoms with E-state index in [9.17, 15) is 5.11 Å². The molecule has 0 bridgehead atoms. The van der Waals surface area contributed by atoms with Crippen molar-refractivity contribution in [2.75, 3.05) is 0 Å². The second-order valence-corrected chi connectivity index (χ2v) is 3.61. The van der Waals surface area contributed by atoms with Crippen LogP contribution in [0.5, 0.6) is 0 Å². The molecule has 1 N–H and O–H groups in total. The SMILES string of the molecule is CCc1noc(C2(O)CCCC2)n1. The summed E-state index contributed by atoms with van der Waals surface area (Å²) in [5, 5.41) is 13.9. The maximum atomic E-state index is 10.1. The van der Waals surface area contributed by atoms with Crippen LogP contribution in [0.2, 0.25) is 0 Å². The molecule has 1 aliphatic carbocycles. The number of nitrogens with zero attached hydrogens (tertiary/aromatic N) is 2. The van der Waals surface area contributed by atoms with Gasteiger partial charge in [0.15, 0.2) is 5.82 Å². The summed E-state index contributed by atoms with van der Waals surface area (Å²) in [4.78, 5) is 4.15. The maximum absolute atomic E-state index is 10.1. The van der Waals surface area contributed by atoms with Crippen molar-refractivity contribution in [3.63, 3.8) is 0 Å². The van der Waals surface area contributed by atoms with Crippen LogP contribution in [0.4, 0.5) is 0 Å². The molecule has 72 valence electrons. The van der Waals surface area contributed by atoms with E-state index >= 15 is 0 Å². The Balaban J connectivity index is 2.23. The molecule has 1 saturated carbocycles. The molecule has 0 saturated heterocycles. The van der Waals surface area contributed by atoms with E-state index in [1.807, 2.05) is 6.92 Å². The minimum absolute atomic E-state index is 0.404. The lowest BCUT2D eigenvalue weighted by Gasteiger charge is -2.15. The van der Waals surface area contributed by atoms with Crippen molar-refractivity contribution in [3.8, 4) is 0 Å². The topological polar surface area (TPSA) is 59.2 Å². The minimum Gasteiger partial charge on any atom is -0.380 e. The third-order valence-electron chi connectivity index (χ3n) is 2.61. The molecule has 13 heavy (non-hydrogen) atoms. The molecule has 0 aliphatic heterocycles. The first-order valence-electron chi connectivity index (χ1n) is 4.80. The van der Waals surface area contributed by atoms with Gasteiger partial charge >= 0.3 is 0 Å². The number of rotatable bonds is 2. The lowest BCUT2D eigenvalue weighted by atomic mass is 10.0. The number of aliphatic hydroxyl groups is 1. The largest absolute Gasteiger partial charge is 0.380 e. The zero-order chi connectivity index (χ0) is 9.31. The van der Waals surface area contributed by atoms with Gasteiger partial charge in [-0.05, 0) is 25.7 Å². The molecule has 1 fully saturated rings.